The molecule has 0 spiro atoms. The van der Waals surface area contributed by atoms with Gasteiger partial charge in [0.25, 0.3) is 0 Å². The van der Waals surface area contributed by atoms with E-state index in [-0.39, 0.29) is 12.4 Å². The van der Waals surface area contributed by atoms with Gasteiger partial charge in [0.05, 0.1) is 5.56 Å². The van der Waals surface area contributed by atoms with Crippen molar-refractivity contribution < 1.29 is 18.7 Å². The number of ether oxygens (including phenoxy) is 1. The molecule has 1 heterocycles. The summed E-state index contributed by atoms with van der Waals surface area (Å²) in [7, 11) is 0. The quantitative estimate of drug-likeness (QED) is 0.537. The summed E-state index contributed by atoms with van der Waals surface area (Å²) >= 11 is 5.74. The van der Waals surface area contributed by atoms with E-state index in [1.54, 1.807) is 24.3 Å². The summed E-state index contributed by atoms with van der Waals surface area (Å²) in [4.78, 5) is 23.8. The molecular formula is C17H11ClO4. The maximum Gasteiger partial charge on any atom is 0.338 e. The molecule has 0 aliphatic rings. The molecule has 0 aliphatic carbocycles. The van der Waals surface area contributed by atoms with Crippen molar-refractivity contribution >= 4 is 34.3 Å². The van der Waals surface area contributed by atoms with E-state index in [0.29, 0.717) is 16.2 Å². The minimum absolute atomic E-state index is 0.171. The second-order valence-corrected chi connectivity index (χ2v) is 5.09. The van der Waals surface area contributed by atoms with E-state index in [1.165, 1.54) is 12.1 Å². The Balaban J connectivity index is 1.66. The highest BCUT2D eigenvalue weighted by Gasteiger charge is 2.15. The molecule has 0 unspecified atom stereocenters. The highest BCUT2D eigenvalue weighted by atomic mass is 35.5. The SMILES string of the molecule is O=C(OCC(=O)c1cc2ccccc2o1)c1ccc(Cl)cc1. The minimum Gasteiger partial charge on any atom is -0.454 e. The van der Waals surface area contributed by atoms with Crippen LogP contribution in [0.3, 0.4) is 0 Å². The number of carbonyl (C=O) groups excluding carboxylic acids is 2. The molecule has 0 atom stereocenters. The summed E-state index contributed by atoms with van der Waals surface area (Å²) < 4.78 is 10.4. The Morgan fingerprint density at radius 2 is 1.77 bits per heavy atom. The summed E-state index contributed by atoms with van der Waals surface area (Å²) in [6.07, 6.45) is 0. The number of para-hydroxylation sites is 1. The van der Waals surface area contributed by atoms with E-state index >= 15 is 0 Å². The Labute approximate surface area is 131 Å². The predicted molar refractivity (Wildman–Crippen MR) is 82.3 cm³/mol. The van der Waals surface area contributed by atoms with Gasteiger partial charge in [-0.25, -0.2) is 4.79 Å². The number of benzene rings is 2. The van der Waals surface area contributed by atoms with Crippen LogP contribution in [0.25, 0.3) is 11.0 Å². The molecule has 0 N–H and O–H groups in total. The van der Waals surface area contributed by atoms with Crippen molar-refractivity contribution in [3.8, 4) is 0 Å². The number of esters is 1. The monoisotopic (exact) mass is 314 g/mol. The van der Waals surface area contributed by atoms with Gasteiger partial charge in [0, 0.05) is 10.4 Å². The lowest BCUT2D eigenvalue weighted by Crippen LogP contribution is -2.13. The molecule has 0 radical (unpaired) electrons. The summed E-state index contributed by atoms with van der Waals surface area (Å²) in [5, 5.41) is 1.35. The molecule has 22 heavy (non-hydrogen) atoms. The van der Waals surface area contributed by atoms with Gasteiger partial charge in [0.2, 0.25) is 5.78 Å². The van der Waals surface area contributed by atoms with Gasteiger partial charge in [-0.2, -0.15) is 0 Å². The number of hydrogen-bond donors (Lipinski definition) is 0. The first-order valence-corrected chi connectivity index (χ1v) is 6.96. The number of fused-ring (bicyclic) bond motifs is 1. The number of furan rings is 1. The standard InChI is InChI=1S/C17H11ClO4/c18-13-7-5-11(6-8-13)17(20)21-10-14(19)16-9-12-3-1-2-4-15(12)22-16/h1-9H,10H2. The van der Waals surface area contributed by atoms with E-state index in [4.69, 9.17) is 20.8 Å². The van der Waals surface area contributed by atoms with Gasteiger partial charge in [-0.05, 0) is 36.4 Å². The van der Waals surface area contributed by atoms with Crippen LogP contribution in [0.1, 0.15) is 20.9 Å². The van der Waals surface area contributed by atoms with Crippen molar-refractivity contribution in [2.45, 2.75) is 0 Å². The Morgan fingerprint density at radius 3 is 2.50 bits per heavy atom. The van der Waals surface area contributed by atoms with Crippen molar-refractivity contribution in [2.24, 2.45) is 0 Å². The molecule has 0 saturated heterocycles. The number of halogens is 1. The van der Waals surface area contributed by atoms with Crippen LogP contribution in [0.15, 0.2) is 59.0 Å². The number of rotatable bonds is 4. The highest BCUT2D eigenvalue weighted by molar-refractivity contribution is 6.30. The van der Waals surface area contributed by atoms with E-state index in [2.05, 4.69) is 0 Å². The lowest BCUT2D eigenvalue weighted by molar-refractivity contribution is 0.0468. The van der Waals surface area contributed by atoms with Crippen molar-refractivity contribution in [1.29, 1.82) is 0 Å². The predicted octanol–water partition coefficient (Wildman–Crippen LogP) is 4.13. The van der Waals surface area contributed by atoms with Gasteiger partial charge in [-0.1, -0.05) is 29.8 Å². The van der Waals surface area contributed by atoms with Crippen LogP contribution < -0.4 is 0 Å². The lowest BCUT2D eigenvalue weighted by atomic mass is 10.2. The van der Waals surface area contributed by atoms with E-state index < -0.39 is 11.8 Å². The van der Waals surface area contributed by atoms with Crippen LogP contribution in [0.2, 0.25) is 5.02 Å². The van der Waals surface area contributed by atoms with Gasteiger partial charge < -0.3 is 9.15 Å². The van der Waals surface area contributed by atoms with Crippen molar-refractivity contribution in [1.82, 2.24) is 0 Å². The molecule has 1 aromatic heterocycles. The average molecular weight is 315 g/mol. The van der Waals surface area contributed by atoms with Crippen LogP contribution in [0, 0.1) is 0 Å². The maximum atomic E-state index is 12.0. The zero-order chi connectivity index (χ0) is 15.5. The molecule has 4 nitrogen and oxygen atoms in total. The molecule has 0 aliphatic heterocycles. The van der Waals surface area contributed by atoms with Crippen LogP contribution >= 0.6 is 11.6 Å². The van der Waals surface area contributed by atoms with Crippen molar-refractivity contribution in [3.05, 3.63) is 70.9 Å². The molecule has 0 amide bonds. The third kappa shape index (κ3) is 3.02. The molecule has 0 bridgehead atoms. The summed E-state index contributed by atoms with van der Waals surface area (Å²) in [6.45, 7) is -0.374. The molecule has 2 aromatic carbocycles. The fraction of sp³-hybridized carbons (Fsp3) is 0.0588. The van der Waals surface area contributed by atoms with E-state index in [9.17, 15) is 9.59 Å². The van der Waals surface area contributed by atoms with Gasteiger partial charge in [0.1, 0.15) is 5.58 Å². The number of ketones is 1. The van der Waals surface area contributed by atoms with Gasteiger partial charge in [0.15, 0.2) is 12.4 Å². The highest BCUT2D eigenvalue weighted by Crippen LogP contribution is 2.19. The number of Topliss-reactive ketones (excluding diaryl/α,β-unsaturated/α-hetero) is 1. The number of hydrogen-bond acceptors (Lipinski definition) is 4. The Bertz CT molecular complexity index is 800. The zero-order valence-corrected chi connectivity index (χ0v) is 12.2. The van der Waals surface area contributed by atoms with Crippen LogP contribution in [0.5, 0.6) is 0 Å². The average Bonchev–Trinajstić information content (AvgIpc) is 2.97. The van der Waals surface area contributed by atoms with Crippen molar-refractivity contribution in [3.63, 3.8) is 0 Å². The molecule has 110 valence electrons. The van der Waals surface area contributed by atoms with E-state index in [0.717, 1.165) is 5.39 Å². The molecule has 0 fully saturated rings. The first-order valence-electron chi connectivity index (χ1n) is 6.58. The zero-order valence-electron chi connectivity index (χ0n) is 11.4. The minimum atomic E-state index is -0.582. The second kappa shape index (κ2) is 6.03. The van der Waals surface area contributed by atoms with Gasteiger partial charge in [-0.15, -0.1) is 0 Å². The fourth-order valence-electron chi connectivity index (χ4n) is 1.99. The maximum absolute atomic E-state index is 12.0. The first kappa shape index (κ1) is 14.4. The first-order chi connectivity index (χ1) is 10.6. The Hall–Kier alpha value is -2.59. The van der Waals surface area contributed by atoms with Gasteiger partial charge in [-0.3, -0.25) is 4.79 Å². The molecular weight excluding hydrogens is 304 g/mol. The molecule has 3 aromatic rings. The lowest BCUT2D eigenvalue weighted by Gasteiger charge is -2.03. The fourth-order valence-corrected chi connectivity index (χ4v) is 2.12. The molecule has 0 saturated carbocycles. The topological polar surface area (TPSA) is 56.5 Å². The van der Waals surface area contributed by atoms with E-state index in [1.807, 2.05) is 18.2 Å². The van der Waals surface area contributed by atoms with Crippen LogP contribution in [0.4, 0.5) is 0 Å². The van der Waals surface area contributed by atoms with Crippen LogP contribution in [-0.4, -0.2) is 18.4 Å². The third-order valence-electron chi connectivity index (χ3n) is 3.11. The smallest absolute Gasteiger partial charge is 0.338 e. The number of carbonyl (C=O) groups is 2. The Morgan fingerprint density at radius 1 is 1.05 bits per heavy atom. The molecule has 5 heteroatoms. The summed E-state index contributed by atoms with van der Waals surface area (Å²) in [5.74, 6) is -0.801. The molecule has 3 rings (SSSR count). The summed E-state index contributed by atoms with van der Waals surface area (Å²) in [5.41, 5.74) is 0.955. The third-order valence-corrected chi connectivity index (χ3v) is 3.37. The summed E-state index contributed by atoms with van der Waals surface area (Å²) in [6, 6.07) is 15.2. The normalized spacial score (nSPS) is 10.6. The van der Waals surface area contributed by atoms with Crippen molar-refractivity contribution in [2.75, 3.05) is 6.61 Å². The largest absolute Gasteiger partial charge is 0.454 e. The second-order valence-electron chi connectivity index (χ2n) is 4.65. The van der Waals surface area contributed by atoms with Crippen LogP contribution in [-0.2, 0) is 4.74 Å². The van der Waals surface area contributed by atoms with Gasteiger partial charge >= 0.3 is 5.97 Å². The Kier molecular flexibility index (Phi) is 3.94.